The van der Waals surface area contributed by atoms with Crippen LogP contribution in [0.5, 0.6) is 0 Å². The maximum atomic E-state index is 13.1. The van der Waals surface area contributed by atoms with Crippen LogP contribution in [0.2, 0.25) is 0 Å². The Morgan fingerprint density at radius 3 is 2.57 bits per heavy atom. The van der Waals surface area contributed by atoms with Gasteiger partial charge in [-0.25, -0.2) is 12.8 Å². The zero-order chi connectivity index (χ0) is 20.0. The predicted octanol–water partition coefficient (Wildman–Crippen LogP) is 3.48. The number of benzene rings is 2. The van der Waals surface area contributed by atoms with Crippen molar-refractivity contribution in [2.24, 2.45) is 5.92 Å². The number of rotatable bonds is 6. The van der Waals surface area contributed by atoms with Crippen LogP contribution in [-0.4, -0.2) is 38.4 Å². The molecule has 1 unspecified atom stereocenters. The second-order valence-corrected chi connectivity index (χ2v) is 8.54. The SMILES string of the molecule is O=C(OC/C=C/c1ccccc1)C1CCCN(S(=O)(=O)c2ccc(F)cc2)C1. The number of hydrogen-bond acceptors (Lipinski definition) is 4. The van der Waals surface area contributed by atoms with E-state index in [0.717, 1.165) is 17.7 Å². The lowest BCUT2D eigenvalue weighted by Gasteiger charge is -2.30. The van der Waals surface area contributed by atoms with Crippen molar-refractivity contribution in [2.45, 2.75) is 17.7 Å². The highest BCUT2D eigenvalue weighted by atomic mass is 32.2. The highest BCUT2D eigenvalue weighted by molar-refractivity contribution is 7.89. The summed E-state index contributed by atoms with van der Waals surface area (Å²) >= 11 is 0. The second kappa shape index (κ2) is 9.12. The van der Waals surface area contributed by atoms with E-state index in [4.69, 9.17) is 4.74 Å². The van der Waals surface area contributed by atoms with Crippen LogP contribution in [0.4, 0.5) is 4.39 Å². The molecular weight excluding hydrogens is 381 g/mol. The largest absolute Gasteiger partial charge is 0.461 e. The first kappa shape index (κ1) is 20.2. The van der Waals surface area contributed by atoms with Gasteiger partial charge >= 0.3 is 5.97 Å². The number of piperidine rings is 1. The lowest BCUT2D eigenvalue weighted by molar-refractivity contribution is -0.148. The van der Waals surface area contributed by atoms with E-state index in [1.807, 2.05) is 36.4 Å². The van der Waals surface area contributed by atoms with Gasteiger partial charge in [0.1, 0.15) is 12.4 Å². The van der Waals surface area contributed by atoms with Gasteiger partial charge in [-0.05, 0) is 48.7 Å². The van der Waals surface area contributed by atoms with E-state index in [-0.39, 0.29) is 18.0 Å². The molecule has 2 aromatic rings. The molecule has 0 saturated carbocycles. The van der Waals surface area contributed by atoms with Gasteiger partial charge in [0.15, 0.2) is 0 Å². The zero-order valence-corrected chi connectivity index (χ0v) is 16.1. The third-order valence-electron chi connectivity index (χ3n) is 4.60. The van der Waals surface area contributed by atoms with Crippen LogP contribution in [-0.2, 0) is 19.6 Å². The molecule has 0 N–H and O–H groups in total. The summed E-state index contributed by atoms with van der Waals surface area (Å²) in [7, 11) is -3.76. The van der Waals surface area contributed by atoms with E-state index in [2.05, 4.69) is 0 Å². The minimum Gasteiger partial charge on any atom is -0.461 e. The summed E-state index contributed by atoms with van der Waals surface area (Å²) in [5, 5.41) is 0. The van der Waals surface area contributed by atoms with Crippen LogP contribution >= 0.6 is 0 Å². The Morgan fingerprint density at radius 2 is 1.86 bits per heavy atom. The number of halogens is 1. The summed E-state index contributed by atoms with van der Waals surface area (Å²) in [5.41, 5.74) is 1.01. The quantitative estimate of drug-likeness (QED) is 0.693. The van der Waals surface area contributed by atoms with Gasteiger partial charge in [-0.1, -0.05) is 36.4 Å². The average Bonchev–Trinajstić information content (AvgIpc) is 2.72. The molecule has 0 radical (unpaired) electrons. The molecule has 0 aliphatic carbocycles. The highest BCUT2D eigenvalue weighted by Crippen LogP contribution is 2.24. The molecular formula is C21H22FNO4S. The van der Waals surface area contributed by atoms with E-state index in [9.17, 15) is 17.6 Å². The molecule has 5 nitrogen and oxygen atoms in total. The fraction of sp³-hybridized carbons (Fsp3) is 0.286. The maximum Gasteiger partial charge on any atom is 0.310 e. The van der Waals surface area contributed by atoms with Gasteiger partial charge in [0, 0.05) is 13.1 Å². The molecule has 0 bridgehead atoms. The molecule has 3 rings (SSSR count). The van der Waals surface area contributed by atoms with Crippen molar-refractivity contribution in [3.63, 3.8) is 0 Å². The molecule has 2 aromatic carbocycles. The summed E-state index contributed by atoms with van der Waals surface area (Å²) in [6, 6.07) is 14.3. The fourth-order valence-electron chi connectivity index (χ4n) is 3.11. The minimum absolute atomic E-state index is 0.0220. The fourth-order valence-corrected chi connectivity index (χ4v) is 4.63. The van der Waals surface area contributed by atoms with E-state index >= 15 is 0 Å². The maximum absolute atomic E-state index is 13.1. The second-order valence-electron chi connectivity index (χ2n) is 6.60. The molecule has 1 aliphatic rings. The first-order valence-corrected chi connectivity index (χ1v) is 10.5. The van der Waals surface area contributed by atoms with Crippen LogP contribution in [0.15, 0.2) is 65.6 Å². The number of nitrogens with zero attached hydrogens (tertiary/aromatic N) is 1. The normalized spacial score (nSPS) is 18.2. The number of hydrogen-bond donors (Lipinski definition) is 0. The molecule has 1 heterocycles. The monoisotopic (exact) mass is 403 g/mol. The van der Waals surface area contributed by atoms with Crippen molar-refractivity contribution in [3.05, 3.63) is 72.1 Å². The first-order chi connectivity index (χ1) is 13.5. The Kier molecular flexibility index (Phi) is 6.59. The summed E-state index contributed by atoms with van der Waals surface area (Å²) in [4.78, 5) is 12.4. The van der Waals surface area contributed by atoms with Gasteiger partial charge in [0.05, 0.1) is 10.8 Å². The Bertz CT molecular complexity index is 927. The van der Waals surface area contributed by atoms with E-state index in [0.29, 0.717) is 19.4 Å². The minimum atomic E-state index is -3.76. The van der Waals surface area contributed by atoms with Gasteiger partial charge in [-0.15, -0.1) is 0 Å². The molecule has 1 fully saturated rings. The van der Waals surface area contributed by atoms with E-state index in [1.54, 1.807) is 6.08 Å². The smallest absolute Gasteiger partial charge is 0.310 e. The van der Waals surface area contributed by atoms with Crippen molar-refractivity contribution in [1.29, 1.82) is 0 Å². The first-order valence-electron chi connectivity index (χ1n) is 9.11. The van der Waals surface area contributed by atoms with E-state index in [1.165, 1.54) is 16.4 Å². The Balaban J connectivity index is 1.57. The number of carbonyl (C=O) groups is 1. The third-order valence-corrected chi connectivity index (χ3v) is 6.48. The Labute approximate surface area is 164 Å². The van der Waals surface area contributed by atoms with E-state index < -0.39 is 27.7 Å². The highest BCUT2D eigenvalue weighted by Gasteiger charge is 2.34. The van der Waals surface area contributed by atoms with Crippen molar-refractivity contribution in [2.75, 3.05) is 19.7 Å². The number of sulfonamides is 1. The van der Waals surface area contributed by atoms with Crippen molar-refractivity contribution >= 4 is 22.1 Å². The van der Waals surface area contributed by atoms with Crippen molar-refractivity contribution in [3.8, 4) is 0 Å². The molecule has 1 atom stereocenters. The van der Waals surface area contributed by atoms with Gasteiger partial charge in [0.2, 0.25) is 10.0 Å². The topological polar surface area (TPSA) is 63.7 Å². The lowest BCUT2D eigenvalue weighted by atomic mass is 10.00. The summed E-state index contributed by atoms with van der Waals surface area (Å²) in [6.07, 6.45) is 4.76. The third kappa shape index (κ3) is 5.05. The van der Waals surface area contributed by atoms with Crippen LogP contribution < -0.4 is 0 Å². The van der Waals surface area contributed by atoms with Crippen LogP contribution in [0.25, 0.3) is 6.08 Å². The van der Waals surface area contributed by atoms with Crippen LogP contribution in [0.1, 0.15) is 18.4 Å². The number of ether oxygens (including phenoxy) is 1. The Morgan fingerprint density at radius 1 is 1.14 bits per heavy atom. The Hall–Kier alpha value is -2.51. The molecule has 28 heavy (non-hydrogen) atoms. The molecule has 1 aliphatic heterocycles. The molecule has 7 heteroatoms. The van der Waals surface area contributed by atoms with Crippen LogP contribution in [0.3, 0.4) is 0 Å². The van der Waals surface area contributed by atoms with Crippen molar-refractivity contribution < 1.29 is 22.3 Å². The summed E-state index contributed by atoms with van der Waals surface area (Å²) in [5.74, 6) is -1.41. The molecule has 148 valence electrons. The number of esters is 1. The zero-order valence-electron chi connectivity index (χ0n) is 15.3. The standard InChI is InChI=1S/C21H22FNO4S/c22-19-10-12-20(13-11-19)28(25,26)23-14-4-9-18(16-23)21(24)27-15-5-8-17-6-2-1-3-7-17/h1-3,5-8,10-13,18H,4,9,14-16H2/b8-5+. The van der Waals surface area contributed by atoms with Crippen LogP contribution in [0, 0.1) is 11.7 Å². The lowest BCUT2D eigenvalue weighted by Crippen LogP contribution is -2.42. The summed E-state index contributed by atoms with van der Waals surface area (Å²) < 4.78 is 45.1. The molecule has 0 aromatic heterocycles. The summed E-state index contributed by atoms with van der Waals surface area (Å²) in [6.45, 7) is 0.535. The average molecular weight is 403 g/mol. The van der Waals surface area contributed by atoms with Gasteiger partial charge < -0.3 is 4.74 Å². The van der Waals surface area contributed by atoms with Crippen molar-refractivity contribution in [1.82, 2.24) is 4.31 Å². The van der Waals surface area contributed by atoms with Gasteiger partial charge in [-0.2, -0.15) is 4.31 Å². The predicted molar refractivity (Wildman–Crippen MR) is 104 cm³/mol. The molecule has 1 saturated heterocycles. The van der Waals surface area contributed by atoms with Gasteiger partial charge in [0.25, 0.3) is 0 Å². The molecule has 0 amide bonds. The van der Waals surface area contributed by atoms with Gasteiger partial charge in [-0.3, -0.25) is 4.79 Å². The number of carbonyl (C=O) groups excluding carboxylic acids is 1. The molecule has 0 spiro atoms.